The first-order valence-corrected chi connectivity index (χ1v) is 36.2. The summed E-state index contributed by atoms with van der Waals surface area (Å²) >= 11 is 0. The summed E-state index contributed by atoms with van der Waals surface area (Å²) in [7, 11) is 0. The van der Waals surface area contributed by atoms with E-state index >= 15 is 0 Å². The lowest BCUT2D eigenvalue weighted by Gasteiger charge is -2.33. The lowest BCUT2D eigenvalue weighted by Crippen LogP contribution is -2.61. The van der Waals surface area contributed by atoms with Crippen LogP contribution in [0.25, 0.3) is 0 Å². The van der Waals surface area contributed by atoms with E-state index in [1.807, 2.05) is 19.2 Å². The lowest BCUT2D eigenvalue weighted by molar-refractivity contribution is -0.147. The Morgan fingerprint density at radius 3 is 1.35 bits per heavy atom. The molecule has 14 atom stereocenters. The van der Waals surface area contributed by atoms with E-state index in [2.05, 4.69) is 53.2 Å². The van der Waals surface area contributed by atoms with Crippen LogP contribution in [-0.2, 0) is 81.5 Å². The third kappa shape index (κ3) is 26.9. The maximum atomic E-state index is 14.7. The summed E-state index contributed by atoms with van der Waals surface area (Å²) in [5.41, 5.74) is 11.0. The minimum Gasteiger partial charge on any atom is -0.481 e. The first-order valence-electron chi connectivity index (χ1n) is 36.2. The highest BCUT2D eigenvalue weighted by atomic mass is 16.4. The number of carbonyl (C=O) groups is 17. The number of carboxylic acid groups (broad SMARTS) is 3. The predicted molar refractivity (Wildman–Crippen MR) is 373 cm³/mol. The highest BCUT2D eigenvalue weighted by molar-refractivity contribution is 6.01. The van der Waals surface area contributed by atoms with E-state index in [1.165, 1.54) is 28.5 Å². The van der Waals surface area contributed by atoms with Crippen molar-refractivity contribution in [2.24, 2.45) is 35.1 Å². The van der Waals surface area contributed by atoms with Gasteiger partial charge in [0.1, 0.15) is 78.5 Å². The van der Waals surface area contributed by atoms with Gasteiger partial charge < -0.3 is 100.0 Å². The van der Waals surface area contributed by atoms with Crippen LogP contribution in [0.3, 0.4) is 0 Å². The van der Waals surface area contributed by atoms with Gasteiger partial charge in [-0.25, -0.2) is 4.79 Å². The van der Waals surface area contributed by atoms with Crippen molar-refractivity contribution in [3.63, 3.8) is 0 Å². The van der Waals surface area contributed by atoms with Gasteiger partial charge >= 0.3 is 17.9 Å². The molecule has 0 aromatic carbocycles. The second kappa shape index (κ2) is 42.0. The van der Waals surface area contributed by atoms with Crippen molar-refractivity contribution < 1.29 is 96.8 Å². The van der Waals surface area contributed by atoms with Gasteiger partial charge in [0.15, 0.2) is 0 Å². The number of hydrogen-bond donors (Lipinski definition) is 16. The minimum atomic E-state index is -1.92. The van der Waals surface area contributed by atoms with Crippen LogP contribution < -0.4 is 70.0 Å². The molecule has 104 heavy (non-hydrogen) atoms. The van der Waals surface area contributed by atoms with Crippen LogP contribution in [0, 0.1) is 23.7 Å². The van der Waals surface area contributed by atoms with E-state index < -0.39 is 223 Å². The van der Waals surface area contributed by atoms with Crippen LogP contribution in [-0.4, -0.2) is 248 Å². The number of nitrogens with two attached hydrogens (primary N) is 2. The molecule has 0 aliphatic carbocycles. The minimum absolute atomic E-state index is 0.00832. The number of rotatable bonds is 42. The maximum absolute atomic E-state index is 14.7. The SMILES string of the molecule is CC(C)C[C@H](NC(=O)[C@@H]1CCCN1C(=O)[C@@H](NC(=O)[C@@H]1CCCN1C(=O)[C@H](CCC(=O)O)NC(=O)[C@H](C)NC(=O)[C@H](C)NC(=O)[C@@H]1CCCN1C(=O)[C@H](CC(C)C)NC(=O)[C@@H]1CCCN1)C(C)C)C(=O)N[C@H](C(=O)N[C@@H](CCCCN)C(=O)N[C@@H](CCC(N)=O)C(=O)N[C@@H](CC(=O)O)C(=O)O)C(C)C. The van der Waals surface area contributed by atoms with Crippen molar-refractivity contribution in [1.82, 2.24) is 73.2 Å². The second-order valence-electron chi connectivity index (χ2n) is 28.9. The Balaban J connectivity index is 1.44. The lowest BCUT2D eigenvalue weighted by atomic mass is 9.98. The fraction of sp³-hybridized carbons (Fsp3) is 0.750. The number of nitrogens with zero attached hydrogens (tertiary/aromatic N) is 3. The monoisotopic (exact) mass is 1470 g/mol. The van der Waals surface area contributed by atoms with E-state index in [0.717, 1.165) is 6.42 Å². The van der Waals surface area contributed by atoms with E-state index in [-0.39, 0.29) is 88.9 Å². The highest BCUT2D eigenvalue weighted by Crippen LogP contribution is 2.26. The molecule has 0 radical (unpaired) electrons. The number of likely N-dealkylation sites (tertiary alicyclic amines) is 3. The summed E-state index contributed by atoms with van der Waals surface area (Å²) in [4.78, 5) is 233. The zero-order chi connectivity index (χ0) is 78.0. The molecule has 0 unspecified atom stereocenters. The molecule has 36 heteroatoms. The molecule has 4 rings (SSSR count). The first-order chi connectivity index (χ1) is 48.9. The van der Waals surface area contributed by atoms with E-state index in [4.69, 9.17) is 11.5 Å². The summed E-state index contributed by atoms with van der Waals surface area (Å²) in [6.07, 6.45) is 1.04. The molecule has 0 bridgehead atoms. The number of carbonyl (C=O) groups excluding carboxylic acids is 14. The summed E-state index contributed by atoms with van der Waals surface area (Å²) < 4.78 is 0. The Morgan fingerprint density at radius 2 is 0.856 bits per heavy atom. The third-order valence-corrected chi connectivity index (χ3v) is 18.7. The molecule has 4 aliphatic heterocycles. The van der Waals surface area contributed by atoms with Crippen LogP contribution >= 0.6 is 0 Å². The largest absolute Gasteiger partial charge is 0.481 e. The Labute approximate surface area is 605 Å². The van der Waals surface area contributed by atoms with Crippen LogP contribution in [0.4, 0.5) is 0 Å². The molecule has 4 aliphatic rings. The molecular formula is C68H112N16O20. The quantitative estimate of drug-likeness (QED) is 0.0268. The van der Waals surface area contributed by atoms with Gasteiger partial charge in [-0.05, 0) is 147 Å². The first kappa shape index (κ1) is 87.3. The van der Waals surface area contributed by atoms with Crippen molar-refractivity contribution >= 4 is 101 Å². The van der Waals surface area contributed by atoms with Crippen LogP contribution in [0.15, 0.2) is 0 Å². The molecule has 0 aromatic rings. The average molecular weight is 1470 g/mol. The fourth-order valence-corrected chi connectivity index (χ4v) is 13.0. The number of hydrogen-bond acceptors (Lipinski definition) is 19. The maximum Gasteiger partial charge on any atom is 0.326 e. The van der Waals surface area contributed by atoms with Crippen LogP contribution in [0.1, 0.15) is 185 Å². The van der Waals surface area contributed by atoms with Crippen molar-refractivity contribution in [2.75, 3.05) is 32.7 Å². The van der Waals surface area contributed by atoms with Crippen LogP contribution in [0.5, 0.6) is 0 Å². The summed E-state index contributed by atoms with van der Waals surface area (Å²) in [6.45, 7) is 17.7. The molecule has 4 saturated heterocycles. The second-order valence-corrected chi connectivity index (χ2v) is 28.9. The number of aliphatic carboxylic acids is 3. The third-order valence-electron chi connectivity index (χ3n) is 18.7. The number of carboxylic acids is 3. The van der Waals surface area contributed by atoms with E-state index in [9.17, 15) is 96.8 Å². The smallest absolute Gasteiger partial charge is 0.326 e. The molecule has 584 valence electrons. The van der Waals surface area contributed by atoms with E-state index in [1.54, 1.807) is 41.5 Å². The molecule has 36 nitrogen and oxygen atoms in total. The van der Waals surface area contributed by atoms with Crippen LogP contribution in [0.2, 0.25) is 0 Å². The summed E-state index contributed by atoms with van der Waals surface area (Å²) in [6, 6.07) is -17.7. The molecule has 0 aromatic heterocycles. The van der Waals surface area contributed by atoms with E-state index in [0.29, 0.717) is 38.6 Å². The summed E-state index contributed by atoms with van der Waals surface area (Å²) in [5.74, 6) is -16.8. The van der Waals surface area contributed by atoms with Gasteiger partial charge in [-0.1, -0.05) is 55.4 Å². The molecule has 4 heterocycles. The van der Waals surface area contributed by atoms with Gasteiger partial charge in [-0.2, -0.15) is 0 Å². The van der Waals surface area contributed by atoms with Gasteiger partial charge in [-0.3, -0.25) is 76.7 Å². The number of unbranched alkanes of at least 4 members (excludes halogenated alkanes) is 1. The summed E-state index contributed by atoms with van der Waals surface area (Å²) in [5, 5.41) is 57.3. The Hall–Kier alpha value is -9.09. The molecular weight excluding hydrogens is 1360 g/mol. The van der Waals surface area contributed by atoms with Gasteiger partial charge in [0.25, 0.3) is 0 Å². The van der Waals surface area contributed by atoms with Gasteiger partial charge in [0, 0.05) is 32.5 Å². The molecule has 14 amide bonds. The molecule has 18 N–H and O–H groups in total. The average Bonchev–Trinajstić information content (AvgIpc) is 1.56. The Bertz CT molecular complexity index is 3090. The normalized spacial score (nSPS) is 20.1. The highest BCUT2D eigenvalue weighted by Gasteiger charge is 2.45. The van der Waals surface area contributed by atoms with Crippen molar-refractivity contribution in [1.29, 1.82) is 0 Å². The molecule has 0 spiro atoms. The Morgan fingerprint density at radius 1 is 0.413 bits per heavy atom. The van der Waals surface area contributed by atoms with Crippen molar-refractivity contribution in [2.45, 2.75) is 269 Å². The Kier molecular flexibility index (Phi) is 35.3. The number of primary amides is 1. The van der Waals surface area contributed by atoms with Crippen molar-refractivity contribution in [3.8, 4) is 0 Å². The predicted octanol–water partition coefficient (Wildman–Crippen LogP) is -3.18. The van der Waals surface area contributed by atoms with Gasteiger partial charge in [0.2, 0.25) is 82.7 Å². The zero-order valence-electron chi connectivity index (χ0n) is 61.4. The number of amides is 14. The standard InChI is InChI=1S/C68H112N16O20/c1-34(2)31-44(60(95)80-53(36(5)6)64(99)75-41(17-11-12-26-69)58(93)74-42(22-24-50(70)85)59(94)79-46(68(103)104)33-52(88)89)77-62(97)48-20-16-30-84(48)67(102)54(37(7)8)81-63(98)49-21-15-28-82(49)65(100)43(23-25-51(86)87)76-56(91)39(10)72-55(90)38(9)73-61(96)47-19-14-29-83(47)66(101)45(32-35(3)4)78-57(92)40-18-13-27-71-40/h34-49,53-54,71H,11-33,69H2,1-10H3,(H2,70,85)(H,72,90)(H,73,96)(H,74,93)(H,75,99)(H,76,91)(H,77,97)(H,78,92)(H,79,94)(H,80,95)(H,81,98)(H,86,87)(H,88,89)(H,103,104)/t38-,39-,40-,41-,42-,43-,44-,45-,46-,47-,48-,49-,53-,54-/m0/s1. The molecule has 4 fully saturated rings. The van der Waals surface area contributed by atoms with Gasteiger partial charge in [-0.15, -0.1) is 0 Å². The van der Waals surface area contributed by atoms with Gasteiger partial charge in [0.05, 0.1) is 12.5 Å². The zero-order valence-corrected chi connectivity index (χ0v) is 61.4. The fourth-order valence-electron chi connectivity index (χ4n) is 13.0. The number of nitrogens with one attached hydrogen (secondary N) is 11. The van der Waals surface area contributed by atoms with Crippen molar-refractivity contribution in [3.05, 3.63) is 0 Å². The topological polar surface area (TPSA) is 545 Å². The molecule has 0 saturated carbocycles.